The number of carbonyl (C=O) groups excluding carboxylic acids is 2. The number of hydrogen-bond donors (Lipinski definition) is 1. The van der Waals surface area contributed by atoms with Crippen LogP contribution in [0.1, 0.15) is 47.7 Å². The molecule has 0 bridgehead atoms. The fourth-order valence-corrected chi connectivity index (χ4v) is 5.14. The van der Waals surface area contributed by atoms with Gasteiger partial charge in [-0.3, -0.25) is 14.5 Å². The first-order valence-corrected chi connectivity index (χ1v) is 12.3. The molecule has 5 nitrogen and oxygen atoms in total. The normalized spacial score (nSPS) is 14.6. The molecule has 1 N–H and O–H groups in total. The number of anilines is 1. The maximum atomic E-state index is 13.8. The second-order valence-electron chi connectivity index (χ2n) is 8.53. The molecular formula is C27H30N2O3S. The highest BCUT2D eigenvalue weighted by Gasteiger charge is 2.34. The number of ether oxygens (including phenoxy) is 1. The van der Waals surface area contributed by atoms with Crippen LogP contribution in [0.5, 0.6) is 5.75 Å². The zero-order valence-electron chi connectivity index (χ0n) is 19.1. The van der Waals surface area contributed by atoms with E-state index < -0.39 is 6.04 Å². The Labute approximate surface area is 199 Å². The minimum Gasteiger partial charge on any atom is -0.497 e. The van der Waals surface area contributed by atoms with Gasteiger partial charge in [-0.2, -0.15) is 0 Å². The highest BCUT2D eigenvalue weighted by Crippen LogP contribution is 2.32. The van der Waals surface area contributed by atoms with Crippen LogP contribution in [-0.2, 0) is 16.0 Å². The van der Waals surface area contributed by atoms with E-state index in [0.29, 0.717) is 11.4 Å². The van der Waals surface area contributed by atoms with Crippen LogP contribution in [0, 0.1) is 6.92 Å². The highest BCUT2D eigenvalue weighted by atomic mass is 32.1. The number of methoxy groups -OCH3 is 1. The van der Waals surface area contributed by atoms with Gasteiger partial charge in [0.1, 0.15) is 11.8 Å². The smallest absolute Gasteiger partial charge is 0.248 e. The summed E-state index contributed by atoms with van der Waals surface area (Å²) in [4.78, 5) is 30.1. The fraction of sp³-hybridized carbons (Fsp3) is 0.333. The Balaban J connectivity index is 1.78. The van der Waals surface area contributed by atoms with Crippen LogP contribution in [0.2, 0.25) is 0 Å². The van der Waals surface area contributed by atoms with E-state index in [1.807, 2.05) is 73.0 Å². The van der Waals surface area contributed by atoms with Gasteiger partial charge in [0.2, 0.25) is 11.8 Å². The first-order valence-electron chi connectivity index (χ1n) is 11.4. The van der Waals surface area contributed by atoms with Gasteiger partial charge in [0.25, 0.3) is 0 Å². The van der Waals surface area contributed by atoms with Crippen LogP contribution in [-0.4, -0.2) is 25.0 Å². The van der Waals surface area contributed by atoms with E-state index in [9.17, 15) is 9.59 Å². The van der Waals surface area contributed by atoms with Crippen LogP contribution in [0.25, 0.3) is 0 Å². The number of carbonyl (C=O) groups is 2. The van der Waals surface area contributed by atoms with Gasteiger partial charge in [0.05, 0.1) is 13.5 Å². The summed E-state index contributed by atoms with van der Waals surface area (Å²) in [6, 6.07) is 18.5. The molecule has 6 heteroatoms. The number of amides is 2. The molecule has 0 unspecified atom stereocenters. The van der Waals surface area contributed by atoms with Crippen molar-refractivity contribution in [3.05, 3.63) is 82.0 Å². The Hall–Kier alpha value is -3.12. The summed E-state index contributed by atoms with van der Waals surface area (Å²) in [7, 11) is 1.60. The molecule has 1 heterocycles. The Bertz CT molecular complexity index is 1090. The van der Waals surface area contributed by atoms with E-state index in [1.54, 1.807) is 23.3 Å². The van der Waals surface area contributed by atoms with Crippen molar-refractivity contribution < 1.29 is 14.3 Å². The van der Waals surface area contributed by atoms with Crippen LogP contribution < -0.4 is 15.0 Å². The number of nitrogens with zero attached hydrogens (tertiary/aromatic N) is 1. The Morgan fingerprint density at radius 1 is 1.09 bits per heavy atom. The van der Waals surface area contributed by atoms with Gasteiger partial charge in [-0.05, 0) is 66.6 Å². The van der Waals surface area contributed by atoms with Crippen LogP contribution >= 0.6 is 11.3 Å². The number of hydrogen-bond acceptors (Lipinski definition) is 4. The molecular weight excluding hydrogens is 432 g/mol. The zero-order valence-corrected chi connectivity index (χ0v) is 19.9. The first-order chi connectivity index (χ1) is 16.0. The summed E-state index contributed by atoms with van der Waals surface area (Å²) in [5.74, 6) is 0.384. The van der Waals surface area contributed by atoms with Gasteiger partial charge in [0.15, 0.2) is 0 Å². The molecule has 1 aliphatic rings. The minimum absolute atomic E-state index is 0.113. The van der Waals surface area contributed by atoms with Crippen molar-refractivity contribution >= 4 is 28.8 Å². The van der Waals surface area contributed by atoms with E-state index in [1.165, 1.54) is 0 Å². The molecule has 2 aromatic carbocycles. The predicted molar refractivity (Wildman–Crippen MR) is 133 cm³/mol. The molecule has 1 aromatic heterocycles. The summed E-state index contributed by atoms with van der Waals surface area (Å²) in [5, 5.41) is 5.19. The molecule has 172 valence electrons. The topological polar surface area (TPSA) is 58.6 Å². The number of thiophene rings is 1. The molecule has 0 saturated heterocycles. The molecule has 0 radical (unpaired) electrons. The van der Waals surface area contributed by atoms with Crippen molar-refractivity contribution in [1.29, 1.82) is 0 Å². The lowest BCUT2D eigenvalue weighted by atomic mass is 10.0. The lowest BCUT2D eigenvalue weighted by Crippen LogP contribution is -2.46. The van der Waals surface area contributed by atoms with E-state index in [4.69, 9.17) is 4.74 Å². The van der Waals surface area contributed by atoms with Crippen LogP contribution in [0.3, 0.4) is 0 Å². The monoisotopic (exact) mass is 462 g/mol. The maximum Gasteiger partial charge on any atom is 0.248 e. The van der Waals surface area contributed by atoms with Gasteiger partial charge < -0.3 is 10.1 Å². The van der Waals surface area contributed by atoms with Crippen LogP contribution in [0.15, 0.2) is 66.0 Å². The largest absolute Gasteiger partial charge is 0.497 e. The Kier molecular flexibility index (Phi) is 7.45. The van der Waals surface area contributed by atoms with E-state index in [-0.39, 0.29) is 24.3 Å². The molecule has 2 amide bonds. The third-order valence-electron chi connectivity index (χ3n) is 6.07. The van der Waals surface area contributed by atoms with Gasteiger partial charge in [-0.25, -0.2) is 0 Å². The quantitative estimate of drug-likeness (QED) is 0.485. The number of benzene rings is 2. The molecule has 1 aliphatic carbocycles. The molecule has 1 saturated carbocycles. The predicted octanol–water partition coefficient (Wildman–Crippen LogP) is 5.44. The average molecular weight is 463 g/mol. The summed E-state index contributed by atoms with van der Waals surface area (Å²) in [5.41, 5.74) is 2.47. The Morgan fingerprint density at radius 3 is 2.58 bits per heavy atom. The SMILES string of the molecule is COc1cccc([C@@H](C(=O)NC2CCCC2)N(C(=O)Cc2cccs2)c2cccc(C)c2)c1. The lowest BCUT2D eigenvalue weighted by molar-refractivity contribution is -0.127. The fourth-order valence-electron chi connectivity index (χ4n) is 4.44. The lowest BCUT2D eigenvalue weighted by Gasteiger charge is -2.32. The summed E-state index contributed by atoms with van der Waals surface area (Å²) >= 11 is 1.55. The average Bonchev–Trinajstić information content (AvgIpc) is 3.51. The molecule has 3 aromatic rings. The summed E-state index contributed by atoms with van der Waals surface area (Å²) < 4.78 is 5.43. The Morgan fingerprint density at radius 2 is 1.88 bits per heavy atom. The van der Waals surface area contributed by atoms with Crippen molar-refractivity contribution in [3.63, 3.8) is 0 Å². The molecule has 4 rings (SSSR count). The summed E-state index contributed by atoms with van der Waals surface area (Å²) in [6.45, 7) is 1.99. The molecule has 0 aliphatic heterocycles. The van der Waals surface area contributed by atoms with E-state index in [2.05, 4.69) is 5.32 Å². The van der Waals surface area contributed by atoms with E-state index >= 15 is 0 Å². The van der Waals surface area contributed by atoms with Crippen molar-refractivity contribution in [2.75, 3.05) is 12.0 Å². The molecule has 0 spiro atoms. The minimum atomic E-state index is -0.796. The maximum absolute atomic E-state index is 13.8. The van der Waals surface area contributed by atoms with Gasteiger partial charge in [-0.1, -0.05) is 43.2 Å². The summed E-state index contributed by atoms with van der Waals surface area (Å²) in [6.07, 6.45) is 4.43. The standard InChI is InChI=1S/C27H30N2O3S/c1-19-8-5-12-22(16-19)29(25(30)18-24-14-7-15-33-24)26(20-9-6-13-23(17-20)32-2)27(31)28-21-10-3-4-11-21/h5-9,12-17,21,26H,3-4,10-11,18H2,1-2H3,(H,28,31)/t26-/m0/s1. The van der Waals surface area contributed by atoms with Crippen molar-refractivity contribution in [2.45, 2.75) is 51.1 Å². The second kappa shape index (κ2) is 10.7. The van der Waals surface area contributed by atoms with Gasteiger partial charge in [-0.15, -0.1) is 11.3 Å². The number of rotatable bonds is 8. The second-order valence-corrected chi connectivity index (χ2v) is 9.56. The van der Waals surface area contributed by atoms with Gasteiger partial charge >= 0.3 is 0 Å². The first kappa shape index (κ1) is 23.1. The third-order valence-corrected chi connectivity index (χ3v) is 6.95. The van der Waals surface area contributed by atoms with E-state index in [0.717, 1.165) is 41.7 Å². The molecule has 1 fully saturated rings. The number of aryl methyl sites for hydroxylation is 1. The third kappa shape index (κ3) is 5.63. The molecule has 33 heavy (non-hydrogen) atoms. The van der Waals surface area contributed by atoms with Crippen molar-refractivity contribution in [3.8, 4) is 5.75 Å². The van der Waals surface area contributed by atoms with Crippen LogP contribution in [0.4, 0.5) is 5.69 Å². The zero-order chi connectivity index (χ0) is 23.2. The van der Waals surface area contributed by atoms with Gasteiger partial charge in [0, 0.05) is 16.6 Å². The highest BCUT2D eigenvalue weighted by molar-refractivity contribution is 7.10. The van der Waals surface area contributed by atoms with Crippen molar-refractivity contribution in [2.24, 2.45) is 0 Å². The molecule has 1 atom stereocenters. The van der Waals surface area contributed by atoms with Crippen molar-refractivity contribution in [1.82, 2.24) is 5.32 Å². The number of nitrogens with one attached hydrogen (secondary N) is 1.